The first-order valence-corrected chi connectivity index (χ1v) is 7.03. The van der Waals surface area contributed by atoms with Gasteiger partial charge in [0, 0.05) is 16.9 Å². The van der Waals surface area contributed by atoms with Crippen LogP contribution < -0.4 is 5.32 Å². The second-order valence-electron chi connectivity index (χ2n) is 4.50. The molecular formula is C16H18BrN. The molecule has 0 saturated heterocycles. The molecule has 0 aliphatic rings. The van der Waals surface area contributed by atoms with Crippen LogP contribution in [-0.2, 0) is 6.42 Å². The summed E-state index contributed by atoms with van der Waals surface area (Å²) < 4.78 is 1.13. The Labute approximate surface area is 117 Å². The van der Waals surface area contributed by atoms with Crippen LogP contribution in [0.3, 0.4) is 0 Å². The van der Waals surface area contributed by atoms with E-state index in [2.05, 4.69) is 75.8 Å². The van der Waals surface area contributed by atoms with E-state index in [0.717, 1.165) is 17.4 Å². The van der Waals surface area contributed by atoms with E-state index < -0.39 is 0 Å². The summed E-state index contributed by atoms with van der Waals surface area (Å²) in [5.41, 5.74) is 2.78. The summed E-state index contributed by atoms with van der Waals surface area (Å²) in [5, 5.41) is 3.29. The molecule has 2 rings (SSSR count). The quantitative estimate of drug-likeness (QED) is 0.880. The average molecular weight is 304 g/mol. The predicted molar refractivity (Wildman–Crippen MR) is 81.0 cm³/mol. The Hall–Kier alpha value is -1.12. The largest absolute Gasteiger partial charge is 0.319 e. The van der Waals surface area contributed by atoms with Crippen molar-refractivity contribution in [2.24, 2.45) is 0 Å². The van der Waals surface area contributed by atoms with Crippen molar-refractivity contribution in [2.45, 2.75) is 12.3 Å². The molecule has 2 aromatic carbocycles. The molecule has 0 bridgehead atoms. The number of hydrogen-bond acceptors (Lipinski definition) is 1. The van der Waals surface area contributed by atoms with E-state index in [1.54, 1.807) is 0 Å². The Morgan fingerprint density at radius 1 is 1.00 bits per heavy atom. The molecule has 0 saturated carbocycles. The van der Waals surface area contributed by atoms with Gasteiger partial charge < -0.3 is 5.32 Å². The minimum absolute atomic E-state index is 0.519. The highest BCUT2D eigenvalue weighted by atomic mass is 79.9. The van der Waals surface area contributed by atoms with Crippen LogP contribution >= 0.6 is 15.9 Å². The van der Waals surface area contributed by atoms with Crippen LogP contribution in [0.25, 0.3) is 0 Å². The van der Waals surface area contributed by atoms with Crippen LogP contribution in [0.1, 0.15) is 17.0 Å². The topological polar surface area (TPSA) is 12.0 Å². The second-order valence-corrected chi connectivity index (χ2v) is 5.41. The molecule has 0 spiro atoms. The van der Waals surface area contributed by atoms with E-state index in [0.29, 0.717) is 5.92 Å². The molecule has 0 heterocycles. The van der Waals surface area contributed by atoms with Gasteiger partial charge in [-0.3, -0.25) is 0 Å². The Balaban J connectivity index is 2.15. The summed E-state index contributed by atoms with van der Waals surface area (Å²) in [7, 11) is 2.01. The third-order valence-electron chi connectivity index (χ3n) is 3.12. The van der Waals surface area contributed by atoms with Gasteiger partial charge in [-0.15, -0.1) is 0 Å². The molecule has 0 aliphatic heterocycles. The Kier molecular flexibility index (Phi) is 4.97. The molecule has 1 atom stereocenters. The number of hydrogen-bond donors (Lipinski definition) is 1. The highest BCUT2D eigenvalue weighted by Gasteiger charge is 2.11. The van der Waals surface area contributed by atoms with Crippen molar-refractivity contribution < 1.29 is 0 Å². The van der Waals surface area contributed by atoms with Gasteiger partial charge in [-0.25, -0.2) is 0 Å². The lowest BCUT2D eigenvalue weighted by molar-refractivity contribution is 0.626. The van der Waals surface area contributed by atoms with Crippen LogP contribution in [-0.4, -0.2) is 13.6 Å². The van der Waals surface area contributed by atoms with E-state index in [1.807, 2.05) is 7.05 Å². The van der Waals surface area contributed by atoms with Gasteiger partial charge in [0.05, 0.1) is 0 Å². The lowest BCUT2D eigenvalue weighted by Gasteiger charge is -2.17. The van der Waals surface area contributed by atoms with Gasteiger partial charge in [-0.2, -0.15) is 0 Å². The molecule has 0 fully saturated rings. The number of rotatable bonds is 5. The van der Waals surface area contributed by atoms with Gasteiger partial charge in [-0.05, 0) is 36.7 Å². The van der Waals surface area contributed by atoms with Crippen molar-refractivity contribution >= 4 is 15.9 Å². The number of nitrogens with one attached hydrogen (secondary N) is 1. The first-order chi connectivity index (χ1) is 8.79. The van der Waals surface area contributed by atoms with Crippen molar-refractivity contribution in [1.29, 1.82) is 0 Å². The van der Waals surface area contributed by atoms with Crippen molar-refractivity contribution in [3.05, 3.63) is 70.2 Å². The fraction of sp³-hybridized carbons (Fsp3) is 0.250. The van der Waals surface area contributed by atoms with E-state index >= 15 is 0 Å². The number of benzene rings is 2. The molecule has 2 aromatic rings. The van der Waals surface area contributed by atoms with Crippen molar-refractivity contribution in [3.63, 3.8) is 0 Å². The minimum atomic E-state index is 0.519. The highest BCUT2D eigenvalue weighted by molar-refractivity contribution is 9.10. The van der Waals surface area contributed by atoms with E-state index in [9.17, 15) is 0 Å². The summed E-state index contributed by atoms with van der Waals surface area (Å²) in [6.45, 7) is 0.997. The van der Waals surface area contributed by atoms with E-state index in [1.165, 1.54) is 11.1 Å². The van der Waals surface area contributed by atoms with Gasteiger partial charge in [0.1, 0.15) is 0 Å². The third kappa shape index (κ3) is 3.69. The Bertz CT molecular complexity index is 464. The maximum Gasteiger partial charge on any atom is 0.0175 e. The lowest BCUT2D eigenvalue weighted by atomic mass is 9.92. The summed E-state index contributed by atoms with van der Waals surface area (Å²) in [6, 6.07) is 19.3. The van der Waals surface area contributed by atoms with E-state index in [4.69, 9.17) is 0 Å². The molecule has 1 unspecified atom stereocenters. The van der Waals surface area contributed by atoms with Crippen LogP contribution in [0.15, 0.2) is 59.1 Å². The van der Waals surface area contributed by atoms with Crippen molar-refractivity contribution in [2.75, 3.05) is 13.6 Å². The zero-order valence-electron chi connectivity index (χ0n) is 10.6. The molecule has 94 valence electrons. The van der Waals surface area contributed by atoms with Gasteiger partial charge in [0.25, 0.3) is 0 Å². The molecule has 0 aromatic heterocycles. The Morgan fingerprint density at radius 3 is 2.28 bits per heavy atom. The standard InChI is InChI=1S/C16H18BrN/c1-18-12-15(11-13-5-3-2-4-6-13)14-7-9-16(17)10-8-14/h2-10,15,18H,11-12H2,1H3. The summed E-state index contributed by atoms with van der Waals surface area (Å²) >= 11 is 3.48. The smallest absolute Gasteiger partial charge is 0.0175 e. The maximum atomic E-state index is 3.48. The van der Waals surface area contributed by atoms with Gasteiger partial charge in [0.2, 0.25) is 0 Å². The fourth-order valence-electron chi connectivity index (χ4n) is 2.19. The molecule has 1 nitrogen and oxygen atoms in total. The Morgan fingerprint density at radius 2 is 1.67 bits per heavy atom. The highest BCUT2D eigenvalue weighted by Crippen LogP contribution is 2.22. The molecule has 0 aliphatic carbocycles. The SMILES string of the molecule is CNCC(Cc1ccccc1)c1ccc(Br)cc1. The normalized spacial score (nSPS) is 12.3. The van der Waals surface area contributed by atoms with E-state index in [-0.39, 0.29) is 0 Å². The summed E-state index contributed by atoms with van der Waals surface area (Å²) in [6.07, 6.45) is 1.07. The first kappa shape index (κ1) is 13.3. The zero-order valence-corrected chi connectivity index (χ0v) is 12.2. The number of likely N-dealkylation sites (N-methyl/N-ethyl adjacent to an activating group) is 1. The van der Waals surface area contributed by atoms with Gasteiger partial charge in [0.15, 0.2) is 0 Å². The molecule has 0 amide bonds. The van der Waals surface area contributed by atoms with Crippen LogP contribution in [0.4, 0.5) is 0 Å². The van der Waals surface area contributed by atoms with Crippen molar-refractivity contribution in [3.8, 4) is 0 Å². The summed E-state index contributed by atoms with van der Waals surface area (Å²) in [4.78, 5) is 0. The van der Waals surface area contributed by atoms with Crippen LogP contribution in [0.2, 0.25) is 0 Å². The number of halogens is 1. The second kappa shape index (κ2) is 6.72. The van der Waals surface area contributed by atoms with Gasteiger partial charge in [-0.1, -0.05) is 58.4 Å². The minimum Gasteiger partial charge on any atom is -0.319 e. The maximum absolute atomic E-state index is 3.48. The molecule has 1 N–H and O–H groups in total. The average Bonchev–Trinajstić information content (AvgIpc) is 2.40. The van der Waals surface area contributed by atoms with Crippen LogP contribution in [0, 0.1) is 0 Å². The monoisotopic (exact) mass is 303 g/mol. The van der Waals surface area contributed by atoms with Crippen LogP contribution in [0.5, 0.6) is 0 Å². The van der Waals surface area contributed by atoms with Crippen molar-refractivity contribution in [1.82, 2.24) is 5.32 Å². The molecular weight excluding hydrogens is 286 g/mol. The molecule has 2 heteroatoms. The molecule has 0 radical (unpaired) electrons. The molecule has 18 heavy (non-hydrogen) atoms. The zero-order chi connectivity index (χ0) is 12.8. The first-order valence-electron chi connectivity index (χ1n) is 6.23. The third-order valence-corrected chi connectivity index (χ3v) is 3.65. The lowest BCUT2D eigenvalue weighted by Crippen LogP contribution is -2.19. The summed E-state index contributed by atoms with van der Waals surface area (Å²) in [5.74, 6) is 0.519. The fourth-order valence-corrected chi connectivity index (χ4v) is 2.45. The predicted octanol–water partition coefficient (Wildman–Crippen LogP) is 3.99. The van der Waals surface area contributed by atoms with Gasteiger partial charge >= 0.3 is 0 Å².